The number of nitro benzene ring substituents is 1. The summed E-state index contributed by atoms with van der Waals surface area (Å²) in [5.41, 5.74) is 2.27. The molecule has 30 heavy (non-hydrogen) atoms. The molecule has 0 heterocycles. The Morgan fingerprint density at radius 1 is 0.800 bits per heavy atom. The number of aryl methyl sites for hydroxylation is 2. The number of ketones is 2. The van der Waals surface area contributed by atoms with Crippen molar-refractivity contribution in [3.8, 4) is 0 Å². The third kappa shape index (κ3) is 4.70. The summed E-state index contributed by atoms with van der Waals surface area (Å²) in [6.07, 6.45) is 0. The van der Waals surface area contributed by atoms with Crippen molar-refractivity contribution < 1.29 is 14.5 Å². The van der Waals surface area contributed by atoms with Gasteiger partial charge in [-0.25, -0.2) is 0 Å². The zero-order valence-corrected chi connectivity index (χ0v) is 16.5. The van der Waals surface area contributed by atoms with Gasteiger partial charge in [-0.2, -0.15) is 5.11 Å². The largest absolute Gasteiger partial charge is 0.296 e. The quantitative estimate of drug-likeness (QED) is 0.173. The zero-order chi connectivity index (χ0) is 21.7. The molecule has 0 spiro atoms. The summed E-state index contributed by atoms with van der Waals surface area (Å²) < 4.78 is 0. The van der Waals surface area contributed by atoms with E-state index in [-0.39, 0.29) is 11.4 Å². The Morgan fingerprint density at radius 2 is 1.27 bits per heavy atom. The summed E-state index contributed by atoms with van der Waals surface area (Å²) >= 11 is 0. The highest BCUT2D eigenvalue weighted by Crippen LogP contribution is 2.27. The van der Waals surface area contributed by atoms with Gasteiger partial charge in [0.15, 0.2) is 23.3 Å². The van der Waals surface area contributed by atoms with Crippen LogP contribution in [0.5, 0.6) is 0 Å². The molecule has 0 saturated heterocycles. The third-order valence-corrected chi connectivity index (χ3v) is 4.53. The number of nitrogens with zero attached hydrogens (tertiary/aromatic N) is 3. The number of Topliss-reactive ketones (excluding diaryl/α,β-unsaturated/α-hetero) is 2. The number of azo groups is 1. The van der Waals surface area contributed by atoms with E-state index in [1.807, 2.05) is 13.8 Å². The lowest BCUT2D eigenvalue weighted by atomic mass is 9.96. The first kappa shape index (κ1) is 20.7. The van der Waals surface area contributed by atoms with Crippen LogP contribution in [0.25, 0.3) is 0 Å². The van der Waals surface area contributed by atoms with Crippen LogP contribution in [0.2, 0.25) is 0 Å². The Hall–Kier alpha value is -4.00. The van der Waals surface area contributed by atoms with Gasteiger partial charge in [-0.05, 0) is 19.9 Å². The van der Waals surface area contributed by atoms with Gasteiger partial charge in [0, 0.05) is 17.2 Å². The van der Waals surface area contributed by atoms with Crippen LogP contribution in [0.4, 0.5) is 11.4 Å². The molecule has 0 aromatic heterocycles. The maximum absolute atomic E-state index is 13.1. The van der Waals surface area contributed by atoms with E-state index in [1.54, 1.807) is 54.6 Å². The maximum Gasteiger partial charge on any atom is 0.296 e. The lowest BCUT2D eigenvalue weighted by Gasteiger charge is -2.10. The van der Waals surface area contributed by atoms with Gasteiger partial charge >= 0.3 is 0 Å². The molecule has 0 aliphatic heterocycles. The molecule has 150 valence electrons. The van der Waals surface area contributed by atoms with Crippen molar-refractivity contribution in [2.24, 2.45) is 10.2 Å². The lowest BCUT2D eigenvalue weighted by Crippen LogP contribution is -2.28. The number of carbonyl (C=O) groups excluding carboxylic acids is 2. The summed E-state index contributed by atoms with van der Waals surface area (Å²) in [6.45, 7) is 3.77. The molecular weight excluding hydrogens is 382 g/mol. The molecular formula is C23H19N3O4. The molecule has 0 amide bonds. The van der Waals surface area contributed by atoms with E-state index in [0.717, 1.165) is 11.1 Å². The van der Waals surface area contributed by atoms with Gasteiger partial charge < -0.3 is 0 Å². The van der Waals surface area contributed by atoms with Crippen molar-refractivity contribution in [3.05, 3.63) is 105 Å². The molecule has 0 unspecified atom stereocenters. The predicted octanol–water partition coefficient (Wildman–Crippen LogP) is 5.43. The zero-order valence-electron chi connectivity index (χ0n) is 16.5. The van der Waals surface area contributed by atoms with Gasteiger partial charge in [0.1, 0.15) is 0 Å². The Morgan fingerprint density at radius 3 is 1.73 bits per heavy atom. The second-order valence-electron chi connectivity index (χ2n) is 6.82. The maximum atomic E-state index is 13.1. The van der Waals surface area contributed by atoms with Crippen molar-refractivity contribution in [2.45, 2.75) is 19.9 Å². The molecule has 3 aromatic carbocycles. The minimum absolute atomic E-state index is 0.0269. The van der Waals surface area contributed by atoms with Gasteiger partial charge in [0.05, 0.1) is 4.92 Å². The van der Waals surface area contributed by atoms with Crippen molar-refractivity contribution in [1.82, 2.24) is 0 Å². The smallest absolute Gasteiger partial charge is 0.291 e. The summed E-state index contributed by atoms with van der Waals surface area (Å²) in [7, 11) is 0. The highest BCUT2D eigenvalue weighted by molar-refractivity contribution is 6.19. The van der Waals surface area contributed by atoms with Crippen molar-refractivity contribution in [1.29, 1.82) is 0 Å². The van der Waals surface area contributed by atoms with E-state index in [2.05, 4.69) is 10.2 Å². The van der Waals surface area contributed by atoms with E-state index in [1.165, 1.54) is 18.2 Å². The van der Waals surface area contributed by atoms with Crippen molar-refractivity contribution in [3.63, 3.8) is 0 Å². The number of hydrogen-bond donors (Lipinski definition) is 0. The van der Waals surface area contributed by atoms with Gasteiger partial charge in [0.25, 0.3) is 5.69 Å². The first-order valence-electron chi connectivity index (χ1n) is 9.23. The molecule has 0 atom stereocenters. The lowest BCUT2D eigenvalue weighted by molar-refractivity contribution is -0.384. The van der Waals surface area contributed by atoms with Gasteiger partial charge in [-0.15, -0.1) is 5.11 Å². The standard InChI is InChI=1S/C23H19N3O4/c1-15-7-11-17(12-8-15)22(27)21(23(28)18-13-9-16(2)10-14-18)25-24-19-5-3-4-6-20(19)26(29)30/h3-14,21H,1-2H3. The monoisotopic (exact) mass is 401 g/mol. The normalized spacial score (nSPS) is 11.0. The molecule has 3 aromatic rings. The van der Waals surface area contributed by atoms with Crippen LogP contribution < -0.4 is 0 Å². The second-order valence-corrected chi connectivity index (χ2v) is 6.82. The van der Waals surface area contributed by atoms with E-state index in [9.17, 15) is 19.7 Å². The number of benzene rings is 3. The van der Waals surface area contributed by atoms with Crippen molar-refractivity contribution in [2.75, 3.05) is 0 Å². The average molecular weight is 401 g/mol. The molecule has 0 aliphatic carbocycles. The number of para-hydroxylation sites is 1. The number of carbonyl (C=O) groups is 2. The van der Waals surface area contributed by atoms with Gasteiger partial charge in [-0.3, -0.25) is 19.7 Å². The second kappa shape index (κ2) is 9.00. The highest BCUT2D eigenvalue weighted by atomic mass is 16.6. The Kier molecular flexibility index (Phi) is 6.22. The Balaban J connectivity index is 2.02. The molecule has 3 rings (SSSR count). The van der Waals surface area contributed by atoms with Crippen LogP contribution in [0.3, 0.4) is 0 Å². The van der Waals surface area contributed by atoms with E-state index < -0.39 is 22.5 Å². The van der Waals surface area contributed by atoms with E-state index >= 15 is 0 Å². The highest BCUT2D eigenvalue weighted by Gasteiger charge is 2.29. The minimum Gasteiger partial charge on any atom is -0.291 e. The van der Waals surface area contributed by atoms with Crippen molar-refractivity contribution >= 4 is 22.9 Å². The molecule has 0 fully saturated rings. The van der Waals surface area contributed by atoms with E-state index in [4.69, 9.17) is 0 Å². The number of hydrogen-bond acceptors (Lipinski definition) is 6. The first-order chi connectivity index (χ1) is 14.4. The molecule has 0 radical (unpaired) electrons. The fraction of sp³-hybridized carbons (Fsp3) is 0.130. The molecule has 0 aliphatic rings. The van der Waals surface area contributed by atoms with Crippen LogP contribution in [0.15, 0.2) is 83.0 Å². The first-order valence-corrected chi connectivity index (χ1v) is 9.23. The van der Waals surface area contributed by atoms with E-state index in [0.29, 0.717) is 11.1 Å². The molecule has 7 heteroatoms. The Bertz CT molecular complexity index is 1060. The summed E-state index contributed by atoms with van der Waals surface area (Å²) in [4.78, 5) is 36.8. The Labute approximate surface area is 173 Å². The molecule has 7 nitrogen and oxygen atoms in total. The van der Waals surface area contributed by atoms with Crippen LogP contribution in [-0.4, -0.2) is 22.5 Å². The average Bonchev–Trinajstić information content (AvgIpc) is 2.74. The topological polar surface area (TPSA) is 102 Å². The number of nitro groups is 1. The minimum atomic E-state index is -1.45. The van der Waals surface area contributed by atoms with Gasteiger partial charge in [-0.1, -0.05) is 71.8 Å². The molecule has 0 N–H and O–H groups in total. The summed E-state index contributed by atoms with van der Waals surface area (Å²) in [6, 6.07) is 17.8. The fourth-order valence-corrected chi connectivity index (χ4v) is 2.80. The summed E-state index contributed by atoms with van der Waals surface area (Å²) in [5, 5.41) is 19.1. The fourth-order valence-electron chi connectivity index (χ4n) is 2.80. The predicted molar refractivity (Wildman–Crippen MR) is 112 cm³/mol. The summed E-state index contributed by atoms with van der Waals surface area (Å²) in [5.74, 6) is -1.05. The van der Waals surface area contributed by atoms with Crippen LogP contribution in [-0.2, 0) is 0 Å². The molecule has 0 bridgehead atoms. The van der Waals surface area contributed by atoms with Crippen LogP contribution in [0.1, 0.15) is 31.8 Å². The third-order valence-electron chi connectivity index (χ3n) is 4.53. The van der Waals surface area contributed by atoms with Gasteiger partial charge in [0.2, 0.25) is 0 Å². The molecule has 0 saturated carbocycles. The SMILES string of the molecule is Cc1ccc(C(=O)C(N=Nc2ccccc2[N+](=O)[O-])C(=O)c2ccc(C)cc2)cc1. The van der Waals surface area contributed by atoms with Crippen LogP contribution in [0, 0.1) is 24.0 Å². The number of rotatable bonds is 7. The van der Waals surface area contributed by atoms with Crippen LogP contribution >= 0.6 is 0 Å².